The Morgan fingerprint density at radius 1 is 1.06 bits per heavy atom. The first-order valence-corrected chi connectivity index (χ1v) is 11.0. The minimum Gasteiger partial charge on any atom is -0.460 e. The molecule has 0 aliphatic heterocycles. The highest BCUT2D eigenvalue weighted by Gasteiger charge is 2.39. The fourth-order valence-corrected chi connectivity index (χ4v) is 5.11. The lowest BCUT2D eigenvalue weighted by molar-refractivity contribution is 0.00777. The maximum atomic E-state index is 13.7. The first kappa shape index (κ1) is 20.2. The van der Waals surface area contributed by atoms with Gasteiger partial charge in [0.2, 0.25) is 5.92 Å². The minimum atomic E-state index is -2.54. The second-order valence-corrected chi connectivity index (χ2v) is 9.37. The van der Waals surface area contributed by atoms with Gasteiger partial charge in [0.15, 0.2) is 0 Å². The smallest absolute Gasteiger partial charge is 0.248 e. The van der Waals surface area contributed by atoms with E-state index in [1.54, 1.807) is 6.20 Å². The van der Waals surface area contributed by atoms with Gasteiger partial charge in [-0.05, 0) is 66.5 Å². The molecular weight excluding hydrogens is 392 g/mol. The van der Waals surface area contributed by atoms with E-state index >= 15 is 0 Å². The number of rotatable bonds is 3. The summed E-state index contributed by atoms with van der Waals surface area (Å²) in [5.74, 6) is -1.32. The van der Waals surface area contributed by atoms with Gasteiger partial charge in [-0.2, -0.15) is 0 Å². The Morgan fingerprint density at radius 3 is 2.58 bits per heavy atom. The van der Waals surface area contributed by atoms with Crippen LogP contribution in [0, 0.1) is 13.8 Å². The van der Waals surface area contributed by atoms with E-state index in [1.165, 1.54) is 5.56 Å². The molecule has 1 fully saturated rings. The first-order chi connectivity index (χ1) is 14.7. The van der Waals surface area contributed by atoms with Crippen molar-refractivity contribution in [3.63, 3.8) is 0 Å². The number of nitrogens with zero attached hydrogens (tertiary/aromatic N) is 1. The van der Waals surface area contributed by atoms with Crippen molar-refractivity contribution in [2.24, 2.45) is 0 Å². The Morgan fingerprint density at radius 2 is 1.87 bits per heavy atom. The van der Waals surface area contributed by atoms with Crippen LogP contribution in [0.1, 0.15) is 67.4 Å². The molecule has 2 aromatic heterocycles. The van der Waals surface area contributed by atoms with Crippen molar-refractivity contribution < 1.29 is 13.2 Å². The summed E-state index contributed by atoms with van der Waals surface area (Å²) in [7, 11) is 0. The van der Waals surface area contributed by atoms with Crippen molar-refractivity contribution in [1.29, 1.82) is 0 Å². The fourth-order valence-electron chi connectivity index (χ4n) is 5.11. The Bertz CT molecular complexity index is 1300. The molecule has 2 heterocycles. The molecule has 0 N–H and O–H groups in total. The average Bonchev–Trinajstić information content (AvgIpc) is 3.26. The molecule has 2 nitrogen and oxygen atoms in total. The number of aryl methyl sites for hydroxylation is 2. The summed E-state index contributed by atoms with van der Waals surface area (Å²) in [6.45, 7) is 8.49. The molecule has 1 aliphatic carbocycles. The molecule has 1 aliphatic rings. The highest BCUT2D eigenvalue weighted by molar-refractivity contribution is 6.03. The molecule has 5 rings (SSSR count). The van der Waals surface area contributed by atoms with E-state index in [0.29, 0.717) is 12.3 Å². The molecule has 4 heteroatoms. The number of halogens is 2. The van der Waals surface area contributed by atoms with Crippen LogP contribution in [0.2, 0.25) is 0 Å². The molecule has 0 radical (unpaired) electrons. The Hall–Kier alpha value is -2.75. The average molecular weight is 420 g/mol. The van der Waals surface area contributed by atoms with Gasteiger partial charge in [-0.15, -0.1) is 0 Å². The molecule has 160 valence electrons. The highest BCUT2D eigenvalue weighted by Crippen LogP contribution is 2.45. The predicted octanol–water partition coefficient (Wildman–Crippen LogP) is 8.29. The normalized spacial score (nSPS) is 18.5. The molecule has 31 heavy (non-hydrogen) atoms. The van der Waals surface area contributed by atoms with Crippen LogP contribution in [0.5, 0.6) is 0 Å². The number of aromatic nitrogens is 1. The van der Waals surface area contributed by atoms with Gasteiger partial charge >= 0.3 is 0 Å². The van der Waals surface area contributed by atoms with Crippen LogP contribution < -0.4 is 0 Å². The zero-order valence-electron chi connectivity index (χ0n) is 18.4. The molecule has 0 saturated heterocycles. The van der Waals surface area contributed by atoms with Crippen LogP contribution >= 0.6 is 0 Å². The van der Waals surface area contributed by atoms with Gasteiger partial charge in [0.25, 0.3) is 0 Å². The highest BCUT2D eigenvalue weighted by atomic mass is 19.3. The second kappa shape index (κ2) is 7.15. The second-order valence-electron chi connectivity index (χ2n) is 9.37. The van der Waals surface area contributed by atoms with Gasteiger partial charge in [-0.25, -0.2) is 8.78 Å². The molecule has 0 bridgehead atoms. The summed E-state index contributed by atoms with van der Waals surface area (Å²) in [5, 5.41) is 3.17. The van der Waals surface area contributed by atoms with Crippen LogP contribution in [-0.4, -0.2) is 10.9 Å². The van der Waals surface area contributed by atoms with Crippen molar-refractivity contribution in [2.75, 3.05) is 0 Å². The number of hydrogen-bond donors (Lipinski definition) is 0. The first-order valence-electron chi connectivity index (χ1n) is 11.0. The lowest BCUT2D eigenvalue weighted by Crippen LogP contribution is -2.09. The number of hydrogen-bond acceptors (Lipinski definition) is 2. The number of fused-ring (bicyclic) bond motifs is 2. The SMILES string of the molecule is Cc1cc(-c2nccc3cc(C4CCC(F)(F)C4)ccc23)c2oc(C(C)C)c(C)c2c1. The van der Waals surface area contributed by atoms with Crippen LogP contribution in [0.4, 0.5) is 8.78 Å². The van der Waals surface area contributed by atoms with E-state index in [4.69, 9.17) is 9.40 Å². The van der Waals surface area contributed by atoms with E-state index in [0.717, 1.165) is 49.9 Å². The number of furan rings is 1. The van der Waals surface area contributed by atoms with Gasteiger partial charge in [0.05, 0.1) is 5.69 Å². The summed E-state index contributed by atoms with van der Waals surface area (Å²) in [5.41, 5.74) is 6.05. The van der Waals surface area contributed by atoms with Gasteiger partial charge in [0, 0.05) is 41.3 Å². The topological polar surface area (TPSA) is 26.0 Å². The van der Waals surface area contributed by atoms with E-state index in [-0.39, 0.29) is 18.8 Å². The van der Waals surface area contributed by atoms with Crippen LogP contribution in [0.25, 0.3) is 33.0 Å². The minimum absolute atomic E-state index is 0.0192. The zero-order chi connectivity index (χ0) is 21.9. The van der Waals surface area contributed by atoms with E-state index < -0.39 is 5.92 Å². The molecular formula is C27H27F2NO. The van der Waals surface area contributed by atoms with E-state index in [2.05, 4.69) is 45.9 Å². The molecule has 1 saturated carbocycles. The Labute approximate surface area is 181 Å². The molecule has 1 atom stereocenters. The van der Waals surface area contributed by atoms with Crippen molar-refractivity contribution in [3.05, 3.63) is 65.0 Å². The van der Waals surface area contributed by atoms with Crippen LogP contribution in [0.15, 0.2) is 47.0 Å². The lowest BCUT2D eigenvalue weighted by Gasteiger charge is -2.13. The van der Waals surface area contributed by atoms with Crippen LogP contribution in [-0.2, 0) is 0 Å². The summed E-state index contributed by atoms with van der Waals surface area (Å²) in [6.07, 6.45) is 2.27. The largest absolute Gasteiger partial charge is 0.460 e. The molecule has 4 aromatic rings. The molecule has 1 unspecified atom stereocenters. The summed E-state index contributed by atoms with van der Waals surface area (Å²) >= 11 is 0. The lowest BCUT2D eigenvalue weighted by atomic mass is 9.93. The monoisotopic (exact) mass is 419 g/mol. The molecule has 0 spiro atoms. The van der Waals surface area contributed by atoms with Gasteiger partial charge in [-0.1, -0.05) is 32.0 Å². The van der Waals surface area contributed by atoms with E-state index in [9.17, 15) is 8.78 Å². The maximum Gasteiger partial charge on any atom is 0.248 e. The summed E-state index contributed by atoms with van der Waals surface area (Å²) in [6, 6.07) is 12.4. The predicted molar refractivity (Wildman–Crippen MR) is 122 cm³/mol. The van der Waals surface area contributed by atoms with E-state index in [1.807, 2.05) is 18.2 Å². The number of benzene rings is 2. The zero-order valence-corrected chi connectivity index (χ0v) is 18.4. The van der Waals surface area contributed by atoms with Gasteiger partial charge in [-0.3, -0.25) is 4.98 Å². The standard InChI is InChI=1S/C27H27F2NO/c1-15(2)25-17(4)22-11-16(3)12-23(26(22)31-25)24-21-6-5-18(13-19(21)8-10-30-24)20-7-9-27(28,29)14-20/h5-6,8,10-13,15,20H,7,9,14H2,1-4H3. The number of alkyl halides is 2. The summed E-state index contributed by atoms with van der Waals surface area (Å²) < 4.78 is 33.8. The Kier molecular flexibility index (Phi) is 4.65. The molecule has 0 amide bonds. The Balaban J connectivity index is 1.67. The summed E-state index contributed by atoms with van der Waals surface area (Å²) in [4.78, 5) is 4.72. The molecule has 2 aromatic carbocycles. The third-order valence-electron chi connectivity index (χ3n) is 6.66. The maximum absolute atomic E-state index is 13.7. The van der Waals surface area contributed by atoms with Crippen LogP contribution in [0.3, 0.4) is 0 Å². The fraction of sp³-hybridized carbons (Fsp3) is 0.370. The third-order valence-corrected chi connectivity index (χ3v) is 6.66. The van der Waals surface area contributed by atoms with Gasteiger partial charge in [0.1, 0.15) is 11.3 Å². The quantitative estimate of drug-likeness (QED) is 0.334. The van der Waals surface area contributed by atoms with Crippen molar-refractivity contribution in [1.82, 2.24) is 4.98 Å². The van der Waals surface area contributed by atoms with Gasteiger partial charge < -0.3 is 4.42 Å². The third kappa shape index (κ3) is 3.42. The number of pyridine rings is 1. The van der Waals surface area contributed by atoms with Crippen molar-refractivity contribution >= 4 is 21.7 Å². The van der Waals surface area contributed by atoms with Crippen molar-refractivity contribution in [3.8, 4) is 11.3 Å². The van der Waals surface area contributed by atoms with Crippen molar-refractivity contribution in [2.45, 2.75) is 64.7 Å².